The summed E-state index contributed by atoms with van der Waals surface area (Å²) < 4.78 is 0. The van der Waals surface area contributed by atoms with Gasteiger partial charge in [0.25, 0.3) is 0 Å². The van der Waals surface area contributed by atoms with E-state index in [4.69, 9.17) is 11.6 Å². The Labute approximate surface area is 107 Å². The zero-order chi connectivity index (χ0) is 12.3. The van der Waals surface area contributed by atoms with Crippen LogP contribution in [0.15, 0.2) is 24.3 Å². The maximum absolute atomic E-state index is 11.7. The summed E-state index contributed by atoms with van der Waals surface area (Å²) in [6, 6.07) is 7.78. The van der Waals surface area contributed by atoms with Gasteiger partial charge in [0.05, 0.1) is 6.04 Å². The van der Waals surface area contributed by atoms with Crippen molar-refractivity contribution in [1.82, 2.24) is 10.6 Å². The molecule has 0 spiro atoms. The Morgan fingerprint density at radius 2 is 2.24 bits per heavy atom. The number of rotatable bonds is 3. The van der Waals surface area contributed by atoms with Crippen LogP contribution in [-0.4, -0.2) is 12.1 Å². The van der Waals surface area contributed by atoms with Crippen molar-refractivity contribution in [1.29, 1.82) is 0 Å². The summed E-state index contributed by atoms with van der Waals surface area (Å²) in [6.07, 6.45) is 3.41. The minimum atomic E-state index is -0.0952. The summed E-state index contributed by atoms with van der Waals surface area (Å²) in [6.45, 7) is 1.95. The summed E-state index contributed by atoms with van der Waals surface area (Å²) in [5.74, 6) is 0. The summed E-state index contributed by atoms with van der Waals surface area (Å²) in [5, 5.41) is 6.55. The Morgan fingerprint density at radius 3 is 2.82 bits per heavy atom. The first-order valence-corrected chi connectivity index (χ1v) is 6.35. The van der Waals surface area contributed by atoms with Gasteiger partial charge in [0, 0.05) is 11.1 Å². The van der Waals surface area contributed by atoms with Crippen molar-refractivity contribution in [2.45, 2.75) is 38.3 Å². The van der Waals surface area contributed by atoms with E-state index < -0.39 is 0 Å². The Hall–Kier alpha value is -1.22. The van der Waals surface area contributed by atoms with Gasteiger partial charge in [-0.3, -0.25) is 0 Å². The molecule has 1 atom stereocenters. The third-order valence-electron chi connectivity index (χ3n) is 3.14. The molecule has 2 N–H and O–H groups in total. The summed E-state index contributed by atoms with van der Waals surface area (Å²) in [7, 11) is 0. The first kappa shape index (κ1) is 12.2. The molecule has 1 aliphatic carbocycles. The fourth-order valence-corrected chi connectivity index (χ4v) is 2.03. The second-order valence-electron chi connectivity index (χ2n) is 4.52. The van der Waals surface area contributed by atoms with E-state index in [1.54, 1.807) is 0 Å². The van der Waals surface area contributed by atoms with Crippen LogP contribution in [-0.2, 0) is 0 Å². The van der Waals surface area contributed by atoms with Crippen molar-refractivity contribution in [2.75, 3.05) is 0 Å². The molecular weight excluding hydrogens is 236 g/mol. The predicted molar refractivity (Wildman–Crippen MR) is 69.2 cm³/mol. The van der Waals surface area contributed by atoms with Gasteiger partial charge >= 0.3 is 6.03 Å². The molecule has 0 aliphatic heterocycles. The molecule has 0 saturated heterocycles. The summed E-state index contributed by atoms with van der Waals surface area (Å²) in [5.41, 5.74) is 1.02. The monoisotopic (exact) mass is 252 g/mol. The Morgan fingerprint density at radius 1 is 1.47 bits per heavy atom. The average molecular weight is 253 g/mol. The molecule has 17 heavy (non-hydrogen) atoms. The van der Waals surface area contributed by atoms with Crippen LogP contribution in [0, 0.1) is 0 Å². The first-order chi connectivity index (χ1) is 8.15. The molecule has 2 rings (SSSR count). The highest BCUT2D eigenvalue weighted by Gasteiger charge is 2.20. The highest BCUT2D eigenvalue weighted by Crippen LogP contribution is 2.19. The number of benzene rings is 1. The van der Waals surface area contributed by atoms with Crippen molar-refractivity contribution in [3.63, 3.8) is 0 Å². The van der Waals surface area contributed by atoms with E-state index in [0.29, 0.717) is 11.1 Å². The van der Waals surface area contributed by atoms with E-state index in [0.717, 1.165) is 18.4 Å². The van der Waals surface area contributed by atoms with Crippen molar-refractivity contribution >= 4 is 17.6 Å². The number of halogens is 1. The van der Waals surface area contributed by atoms with Crippen LogP contribution in [0.2, 0.25) is 5.02 Å². The fraction of sp³-hybridized carbons (Fsp3) is 0.462. The molecule has 0 aromatic heterocycles. The SMILES string of the molecule is CC(NC(=O)NC1CCC1)c1cccc(Cl)c1. The fourth-order valence-electron chi connectivity index (χ4n) is 1.84. The van der Waals surface area contributed by atoms with E-state index in [1.165, 1.54) is 6.42 Å². The number of carbonyl (C=O) groups is 1. The van der Waals surface area contributed by atoms with Crippen LogP contribution in [0.25, 0.3) is 0 Å². The molecule has 1 unspecified atom stereocenters. The Bertz CT molecular complexity index is 404. The van der Waals surface area contributed by atoms with Gasteiger partial charge in [-0.05, 0) is 43.9 Å². The lowest BCUT2D eigenvalue weighted by Crippen LogP contribution is -2.45. The Balaban J connectivity index is 1.87. The van der Waals surface area contributed by atoms with Gasteiger partial charge in [0.15, 0.2) is 0 Å². The van der Waals surface area contributed by atoms with Crippen LogP contribution < -0.4 is 10.6 Å². The largest absolute Gasteiger partial charge is 0.335 e. The van der Waals surface area contributed by atoms with Crippen LogP contribution in [0.1, 0.15) is 37.8 Å². The minimum absolute atomic E-state index is 0.0335. The molecule has 3 nitrogen and oxygen atoms in total. The van der Waals surface area contributed by atoms with Crippen molar-refractivity contribution in [3.8, 4) is 0 Å². The van der Waals surface area contributed by atoms with E-state index >= 15 is 0 Å². The molecule has 0 bridgehead atoms. The highest BCUT2D eigenvalue weighted by molar-refractivity contribution is 6.30. The molecule has 0 heterocycles. The number of amides is 2. The van der Waals surface area contributed by atoms with Gasteiger partial charge in [-0.15, -0.1) is 0 Å². The van der Waals surface area contributed by atoms with Gasteiger partial charge < -0.3 is 10.6 Å². The first-order valence-electron chi connectivity index (χ1n) is 5.97. The van der Waals surface area contributed by atoms with Crippen LogP contribution in [0.3, 0.4) is 0 Å². The van der Waals surface area contributed by atoms with Gasteiger partial charge in [-0.1, -0.05) is 23.7 Å². The van der Waals surface area contributed by atoms with E-state index in [9.17, 15) is 4.79 Å². The Kier molecular flexibility index (Phi) is 3.89. The van der Waals surface area contributed by atoms with Gasteiger partial charge in [0.2, 0.25) is 0 Å². The second kappa shape index (κ2) is 5.41. The molecule has 1 fully saturated rings. The van der Waals surface area contributed by atoms with E-state index in [1.807, 2.05) is 31.2 Å². The molecule has 4 heteroatoms. The number of nitrogens with one attached hydrogen (secondary N) is 2. The van der Waals surface area contributed by atoms with Crippen LogP contribution in [0.4, 0.5) is 4.79 Å². The normalized spacial score (nSPS) is 17.1. The lowest BCUT2D eigenvalue weighted by molar-refractivity contribution is 0.225. The average Bonchev–Trinajstić information content (AvgIpc) is 2.23. The highest BCUT2D eigenvalue weighted by atomic mass is 35.5. The molecule has 1 aliphatic rings. The van der Waals surface area contributed by atoms with Crippen molar-refractivity contribution in [3.05, 3.63) is 34.9 Å². The van der Waals surface area contributed by atoms with E-state index in [-0.39, 0.29) is 12.1 Å². The molecular formula is C13H17ClN2O. The van der Waals surface area contributed by atoms with Gasteiger partial charge in [-0.25, -0.2) is 4.79 Å². The topological polar surface area (TPSA) is 41.1 Å². The smallest absolute Gasteiger partial charge is 0.315 e. The molecule has 92 valence electrons. The number of carbonyl (C=O) groups excluding carboxylic acids is 1. The third-order valence-corrected chi connectivity index (χ3v) is 3.37. The van der Waals surface area contributed by atoms with Gasteiger partial charge in [0.1, 0.15) is 0 Å². The molecule has 1 aromatic carbocycles. The molecule has 0 radical (unpaired) electrons. The quantitative estimate of drug-likeness (QED) is 0.852. The van der Waals surface area contributed by atoms with E-state index in [2.05, 4.69) is 10.6 Å². The molecule has 2 amide bonds. The van der Waals surface area contributed by atoms with Gasteiger partial charge in [-0.2, -0.15) is 0 Å². The number of hydrogen-bond acceptors (Lipinski definition) is 1. The lowest BCUT2D eigenvalue weighted by atomic mass is 9.93. The van der Waals surface area contributed by atoms with Crippen LogP contribution in [0.5, 0.6) is 0 Å². The van der Waals surface area contributed by atoms with Crippen molar-refractivity contribution in [2.24, 2.45) is 0 Å². The maximum Gasteiger partial charge on any atom is 0.315 e. The summed E-state index contributed by atoms with van der Waals surface area (Å²) in [4.78, 5) is 11.7. The predicted octanol–water partition coefficient (Wildman–Crippen LogP) is 3.25. The van der Waals surface area contributed by atoms with Crippen molar-refractivity contribution < 1.29 is 4.79 Å². The summed E-state index contributed by atoms with van der Waals surface area (Å²) >= 11 is 5.91. The number of hydrogen-bond donors (Lipinski definition) is 2. The lowest BCUT2D eigenvalue weighted by Gasteiger charge is -2.27. The minimum Gasteiger partial charge on any atom is -0.335 e. The molecule has 1 aromatic rings. The maximum atomic E-state index is 11.7. The molecule has 1 saturated carbocycles. The second-order valence-corrected chi connectivity index (χ2v) is 4.96. The van der Waals surface area contributed by atoms with Crippen LogP contribution >= 0.6 is 11.6 Å². The standard InChI is InChI=1S/C13H17ClN2O/c1-9(10-4-2-5-11(14)8-10)15-13(17)16-12-6-3-7-12/h2,4-5,8-9,12H,3,6-7H2,1H3,(H2,15,16,17). The number of urea groups is 1. The third kappa shape index (κ3) is 3.37. The zero-order valence-corrected chi connectivity index (χ0v) is 10.6. The zero-order valence-electron chi connectivity index (χ0n) is 9.87.